The normalized spacial score (nSPS) is 22.7. The Hall–Kier alpha value is -4.03. The first kappa shape index (κ1) is 36.8. The highest BCUT2D eigenvalue weighted by molar-refractivity contribution is 5.90. The number of hydrogen-bond donors (Lipinski definition) is 2. The van der Waals surface area contributed by atoms with Crippen molar-refractivity contribution in [1.29, 1.82) is 0 Å². The van der Waals surface area contributed by atoms with E-state index in [0.717, 1.165) is 46.5 Å². The average molecular weight is 706 g/mol. The van der Waals surface area contributed by atoms with Crippen LogP contribution in [-0.4, -0.2) is 70.7 Å². The van der Waals surface area contributed by atoms with Crippen LogP contribution in [0.25, 0.3) is 11.1 Å². The van der Waals surface area contributed by atoms with E-state index in [2.05, 4.69) is 16.8 Å². The van der Waals surface area contributed by atoms with Gasteiger partial charge in [0, 0.05) is 44.2 Å². The second-order valence-corrected chi connectivity index (χ2v) is 13.7. The first-order valence-electron chi connectivity index (χ1n) is 17.8. The fourth-order valence-electron chi connectivity index (χ4n) is 7.62. The summed E-state index contributed by atoms with van der Waals surface area (Å²) in [5.74, 6) is -2.58. The fraction of sp³-hybridized carbons (Fsp3) is 0.450. The summed E-state index contributed by atoms with van der Waals surface area (Å²) in [5, 5.41) is 12.3. The van der Waals surface area contributed by atoms with Crippen LogP contribution in [0.15, 0.2) is 85.5 Å². The lowest BCUT2D eigenvalue weighted by Crippen LogP contribution is -2.50. The molecule has 2 aliphatic heterocycles. The highest BCUT2D eigenvalue weighted by Crippen LogP contribution is 2.39. The maximum atomic E-state index is 13.1. The van der Waals surface area contributed by atoms with Gasteiger partial charge in [0.1, 0.15) is 6.04 Å². The summed E-state index contributed by atoms with van der Waals surface area (Å²) >= 11 is 0. The van der Waals surface area contributed by atoms with Gasteiger partial charge in [-0.05, 0) is 53.5 Å². The third-order valence-electron chi connectivity index (χ3n) is 10.3. The zero-order chi connectivity index (χ0) is 36.0. The van der Waals surface area contributed by atoms with Crippen molar-refractivity contribution in [1.82, 2.24) is 15.1 Å². The number of carbonyl (C=O) groups is 2. The Labute approximate surface area is 297 Å². The molecule has 2 saturated heterocycles. The zero-order valence-electron chi connectivity index (χ0n) is 28.7. The van der Waals surface area contributed by atoms with Crippen LogP contribution in [0.3, 0.4) is 0 Å². The number of halogens is 3. The minimum absolute atomic E-state index is 0.0258. The quantitative estimate of drug-likeness (QED) is 0.198. The lowest BCUT2D eigenvalue weighted by atomic mass is 9.97. The van der Waals surface area contributed by atoms with E-state index in [-0.39, 0.29) is 38.3 Å². The molecule has 3 aliphatic rings. The molecule has 1 saturated carbocycles. The van der Waals surface area contributed by atoms with Crippen molar-refractivity contribution in [3.05, 3.63) is 108 Å². The number of aliphatic hydroxyl groups is 1. The van der Waals surface area contributed by atoms with Gasteiger partial charge in [-0.25, -0.2) is 0 Å². The van der Waals surface area contributed by atoms with Crippen molar-refractivity contribution in [2.75, 3.05) is 19.6 Å². The lowest BCUT2D eigenvalue weighted by molar-refractivity contribution is -0.253. The number of carbonyl (C=O) groups excluding carboxylic acids is 2. The molecule has 51 heavy (non-hydrogen) atoms. The summed E-state index contributed by atoms with van der Waals surface area (Å²) in [6.07, 6.45) is 2.07. The van der Waals surface area contributed by atoms with Crippen LogP contribution in [0.2, 0.25) is 0 Å². The minimum Gasteiger partial charge on any atom is -0.392 e. The van der Waals surface area contributed by atoms with Gasteiger partial charge < -0.3 is 24.8 Å². The van der Waals surface area contributed by atoms with Crippen LogP contribution < -0.4 is 5.32 Å². The molecule has 6 rings (SSSR count). The Morgan fingerprint density at radius 1 is 0.941 bits per heavy atom. The summed E-state index contributed by atoms with van der Waals surface area (Å²) in [5.41, 5.74) is 5.26. The molecule has 0 unspecified atom stereocenters. The molecule has 3 fully saturated rings. The number of nitrogens with one attached hydrogen (secondary N) is 1. The number of benzene rings is 3. The standard InChI is InChI=1S/C40H46F3N3O5/c1-2-21-45(32-9-4-5-10-32)25-33-23-36(29-15-13-27(26-47)14-16-29)51-38(50-33)30-19-17-28(18-20-30)34-11-6-3-8-31(34)24-44-37(48)35-12-7-22-46(35)39(49)40(41,42)43/h2-3,6,8,11,13-20,32-33,35-36,38,47H,1,4-5,7,9-10,12,21-26H2,(H,44,48)/t33-,35+,36+,38+/m1/s1. The van der Waals surface area contributed by atoms with Crippen LogP contribution in [0.4, 0.5) is 13.2 Å². The van der Waals surface area contributed by atoms with E-state index in [9.17, 15) is 27.9 Å². The van der Waals surface area contributed by atoms with Crippen molar-refractivity contribution in [2.45, 2.75) is 94.9 Å². The van der Waals surface area contributed by atoms with Crippen molar-refractivity contribution >= 4 is 11.8 Å². The van der Waals surface area contributed by atoms with Gasteiger partial charge in [0.25, 0.3) is 0 Å². The van der Waals surface area contributed by atoms with Crippen molar-refractivity contribution in [3.63, 3.8) is 0 Å². The Balaban J connectivity index is 1.17. The summed E-state index contributed by atoms with van der Waals surface area (Å²) in [4.78, 5) is 28.0. The number of aliphatic hydroxyl groups excluding tert-OH is 1. The van der Waals surface area contributed by atoms with E-state index in [1.807, 2.05) is 78.9 Å². The van der Waals surface area contributed by atoms with Crippen LogP contribution in [0.5, 0.6) is 0 Å². The topological polar surface area (TPSA) is 91.3 Å². The summed E-state index contributed by atoms with van der Waals surface area (Å²) < 4.78 is 52.5. The van der Waals surface area contributed by atoms with E-state index in [1.54, 1.807) is 0 Å². The van der Waals surface area contributed by atoms with Crippen LogP contribution in [0.1, 0.15) is 79.6 Å². The average Bonchev–Trinajstić information content (AvgIpc) is 3.87. The second kappa shape index (κ2) is 16.5. The lowest BCUT2D eigenvalue weighted by Gasteiger charge is -2.39. The minimum atomic E-state index is -5.02. The fourth-order valence-corrected chi connectivity index (χ4v) is 7.62. The Kier molecular flexibility index (Phi) is 11.9. The highest BCUT2D eigenvalue weighted by Gasteiger charge is 2.47. The molecule has 2 N–H and O–H groups in total. The molecule has 2 heterocycles. The molecule has 2 amide bonds. The molecule has 11 heteroatoms. The number of nitrogens with zero attached hydrogens (tertiary/aromatic N) is 2. The van der Waals surface area contributed by atoms with Gasteiger partial charge in [-0.15, -0.1) is 6.58 Å². The Morgan fingerprint density at radius 3 is 2.33 bits per heavy atom. The molecule has 0 aromatic heterocycles. The number of hydrogen-bond acceptors (Lipinski definition) is 6. The summed E-state index contributed by atoms with van der Waals surface area (Å²) in [6.45, 7) is 5.53. The molecule has 272 valence electrons. The Bertz CT molecular complexity index is 1640. The second-order valence-electron chi connectivity index (χ2n) is 13.7. The van der Waals surface area contributed by atoms with Crippen LogP contribution in [-0.2, 0) is 32.2 Å². The maximum absolute atomic E-state index is 13.1. The van der Waals surface area contributed by atoms with E-state index < -0.39 is 30.3 Å². The van der Waals surface area contributed by atoms with Gasteiger partial charge in [0.2, 0.25) is 5.91 Å². The molecule has 4 atom stereocenters. The van der Waals surface area contributed by atoms with Crippen LogP contribution >= 0.6 is 0 Å². The van der Waals surface area contributed by atoms with Gasteiger partial charge in [0.05, 0.1) is 18.8 Å². The summed E-state index contributed by atoms with van der Waals surface area (Å²) in [7, 11) is 0. The molecule has 3 aromatic rings. The molecular formula is C40H46F3N3O5. The van der Waals surface area contributed by atoms with E-state index in [0.29, 0.717) is 23.8 Å². The summed E-state index contributed by atoms with van der Waals surface area (Å²) in [6, 6.07) is 22.6. The maximum Gasteiger partial charge on any atom is 0.471 e. The van der Waals surface area contributed by atoms with Gasteiger partial charge >= 0.3 is 12.1 Å². The Morgan fingerprint density at radius 2 is 1.65 bits per heavy atom. The number of amides is 2. The molecule has 0 radical (unpaired) electrons. The first-order valence-corrected chi connectivity index (χ1v) is 17.8. The largest absolute Gasteiger partial charge is 0.471 e. The first-order chi connectivity index (χ1) is 24.6. The third-order valence-corrected chi connectivity index (χ3v) is 10.3. The smallest absolute Gasteiger partial charge is 0.392 e. The molecule has 3 aromatic carbocycles. The van der Waals surface area contributed by atoms with Crippen molar-refractivity contribution < 1.29 is 37.3 Å². The molecule has 0 spiro atoms. The number of likely N-dealkylation sites (tertiary alicyclic amines) is 1. The third kappa shape index (κ3) is 8.89. The number of ether oxygens (including phenoxy) is 2. The molecule has 8 nitrogen and oxygen atoms in total. The van der Waals surface area contributed by atoms with Gasteiger partial charge in [0.15, 0.2) is 6.29 Å². The molecule has 0 bridgehead atoms. The monoisotopic (exact) mass is 705 g/mol. The predicted octanol–water partition coefficient (Wildman–Crippen LogP) is 6.99. The zero-order valence-corrected chi connectivity index (χ0v) is 28.7. The SMILES string of the molecule is C=CCN(C[C@H]1C[C@@H](c2ccc(CO)cc2)O[C@@H](c2ccc(-c3ccccc3CNC(=O)[C@@H]3CCCN3C(=O)C(F)(F)F)cc2)O1)C1CCCC1. The van der Waals surface area contributed by atoms with Gasteiger partial charge in [-0.3, -0.25) is 14.5 Å². The van der Waals surface area contributed by atoms with E-state index >= 15 is 0 Å². The van der Waals surface area contributed by atoms with E-state index in [4.69, 9.17) is 9.47 Å². The number of alkyl halides is 3. The van der Waals surface area contributed by atoms with Gasteiger partial charge in [-0.2, -0.15) is 13.2 Å². The van der Waals surface area contributed by atoms with Crippen molar-refractivity contribution in [3.8, 4) is 11.1 Å². The molecular weight excluding hydrogens is 659 g/mol. The van der Waals surface area contributed by atoms with E-state index in [1.165, 1.54) is 25.7 Å². The van der Waals surface area contributed by atoms with Crippen LogP contribution in [0, 0.1) is 0 Å². The highest BCUT2D eigenvalue weighted by atomic mass is 19.4. The predicted molar refractivity (Wildman–Crippen MR) is 187 cm³/mol. The molecule has 1 aliphatic carbocycles. The van der Waals surface area contributed by atoms with Crippen molar-refractivity contribution in [2.24, 2.45) is 0 Å². The number of rotatable bonds is 12. The van der Waals surface area contributed by atoms with Gasteiger partial charge in [-0.1, -0.05) is 91.7 Å².